The zero-order valence-electron chi connectivity index (χ0n) is 27.1. The molecular weight excluding hydrogens is 654 g/mol. The number of benzene rings is 1. The molecule has 1 spiro atoms. The Balaban J connectivity index is 1.68. The van der Waals surface area contributed by atoms with Crippen molar-refractivity contribution in [3.63, 3.8) is 0 Å². The van der Waals surface area contributed by atoms with E-state index in [0.717, 1.165) is 19.3 Å². The highest BCUT2D eigenvalue weighted by Gasteiger charge is 2.77. The number of likely N-dealkylation sites (tertiary alicyclic amines) is 1. The summed E-state index contributed by atoms with van der Waals surface area (Å²) in [5, 5.41) is 13.1. The van der Waals surface area contributed by atoms with Crippen molar-refractivity contribution in [1.29, 1.82) is 0 Å². The van der Waals surface area contributed by atoms with Gasteiger partial charge >= 0.3 is 5.97 Å². The van der Waals surface area contributed by atoms with Gasteiger partial charge in [-0.15, -0.1) is 13.2 Å². The molecule has 3 heterocycles. The van der Waals surface area contributed by atoms with Crippen LogP contribution in [0, 0.1) is 11.8 Å². The van der Waals surface area contributed by atoms with Crippen molar-refractivity contribution in [2.45, 2.75) is 100 Å². The second-order valence-electron chi connectivity index (χ2n) is 12.7. The van der Waals surface area contributed by atoms with Gasteiger partial charge in [0.1, 0.15) is 17.7 Å². The largest absolute Gasteiger partial charge is 0.455 e. The number of carbonyl (C=O) groups excluding carboxylic acids is 4. The Morgan fingerprint density at radius 2 is 1.93 bits per heavy atom. The van der Waals surface area contributed by atoms with Crippen LogP contribution in [0.1, 0.15) is 71.0 Å². The number of hydrogen-bond acceptors (Lipinski definition) is 7. The van der Waals surface area contributed by atoms with Crippen LogP contribution in [0.4, 0.5) is 0 Å². The van der Waals surface area contributed by atoms with E-state index >= 15 is 0 Å². The SMILES string of the molecule is C=CCCC(=O)N[C@@H](C)[C@H](OC(=O)[C@H]1[C@@H]2O[C@@]3(CC2Br)[C@@H]1C(=O)N([C@H](C)CO)[C@@H]3C(=O)N(CC=C)CCCCC)c1ccccc1. The van der Waals surface area contributed by atoms with Crippen molar-refractivity contribution in [3.8, 4) is 0 Å². The standard InChI is InChI=1S/C35H48BrN3O7/c1-6-9-14-19-38(18-8-3)33(43)31-35-20-25(36)30(46-35)27(28(35)32(42)39(31)22(4)21-40)34(44)45-29(24-15-12-11-13-16-24)23(5)37-26(41)17-10-7-2/h7-8,11-13,15-16,22-23,25,27-31,40H,2-3,6,9-10,14,17-21H2,1,4-5H3,(H,37,41)/t22-,23+,25?,27-,28+,29+,30-,31-,35+/m1/s1. The minimum Gasteiger partial charge on any atom is -0.455 e. The van der Waals surface area contributed by atoms with Gasteiger partial charge in [0.2, 0.25) is 17.7 Å². The molecule has 3 aliphatic rings. The lowest BCUT2D eigenvalue weighted by Gasteiger charge is -2.38. The summed E-state index contributed by atoms with van der Waals surface area (Å²) < 4.78 is 12.8. The quantitative estimate of drug-likeness (QED) is 0.109. The van der Waals surface area contributed by atoms with E-state index in [1.165, 1.54) is 4.90 Å². The van der Waals surface area contributed by atoms with Crippen molar-refractivity contribution < 1.29 is 33.8 Å². The van der Waals surface area contributed by atoms with E-state index in [2.05, 4.69) is 41.3 Å². The number of fused-ring (bicyclic) bond motifs is 1. The van der Waals surface area contributed by atoms with Crippen LogP contribution in [0.25, 0.3) is 0 Å². The third kappa shape index (κ3) is 6.96. The first kappa shape index (κ1) is 35.8. The summed E-state index contributed by atoms with van der Waals surface area (Å²) in [5.41, 5.74) is -0.591. The minimum atomic E-state index is -1.28. The number of amides is 3. The Hall–Kier alpha value is -3.02. The number of unbranched alkanes of at least 4 members (excludes halogenated alkanes) is 2. The number of carbonyl (C=O) groups is 4. The zero-order valence-corrected chi connectivity index (χ0v) is 28.7. The van der Waals surface area contributed by atoms with E-state index in [9.17, 15) is 24.3 Å². The molecule has 1 unspecified atom stereocenters. The second-order valence-corrected chi connectivity index (χ2v) is 13.8. The molecule has 3 fully saturated rings. The van der Waals surface area contributed by atoms with Crippen molar-refractivity contribution >= 4 is 39.6 Å². The summed E-state index contributed by atoms with van der Waals surface area (Å²) in [7, 11) is 0. The molecule has 252 valence electrons. The number of halogens is 1. The third-order valence-corrected chi connectivity index (χ3v) is 10.3. The van der Waals surface area contributed by atoms with Crippen LogP contribution in [-0.4, -0.2) is 93.0 Å². The van der Waals surface area contributed by atoms with Crippen LogP contribution in [-0.2, 0) is 28.7 Å². The summed E-state index contributed by atoms with van der Waals surface area (Å²) in [5.74, 6) is -3.49. The molecule has 3 aliphatic heterocycles. The molecule has 0 aliphatic carbocycles. The van der Waals surface area contributed by atoms with Crippen molar-refractivity contribution in [2.24, 2.45) is 11.8 Å². The van der Waals surface area contributed by atoms with E-state index in [1.54, 1.807) is 30.9 Å². The van der Waals surface area contributed by atoms with Gasteiger partial charge < -0.3 is 29.7 Å². The molecule has 4 rings (SSSR count). The van der Waals surface area contributed by atoms with E-state index in [-0.39, 0.29) is 29.7 Å². The van der Waals surface area contributed by atoms with Gasteiger partial charge in [-0.3, -0.25) is 19.2 Å². The normalized spacial score (nSPS) is 28.2. The van der Waals surface area contributed by atoms with Gasteiger partial charge in [-0.05, 0) is 38.7 Å². The minimum absolute atomic E-state index is 0.198. The summed E-state index contributed by atoms with van der Waals surface area (Å²) in [4.78, 5) is 58.4. The highest BCUT2D eigenvalue weighted by atomic mass is 79.9. The molecule has 3 saturated heterocycles. The van der Waals surface area contributed by atoms with Gasteiger partial charge in [-0.1, -0.05) is 78.2 Å². The predicted octanol–water partition coefficient (Wildman–Crippen LogP) is 4.08. The topological polar surface area (TPSA) is 125 Å². The number of nitrogens with one attached hydrogen (secondary N) is 1. The fourth-order valence-electron chi connectivity index (χ4n) is 7.29. The first-order valence-corrected chi connectivity index (χ1v) is 17.3. The smallest absolute Gasteiger partial charge is 0.313 e. The van der Waals surface area contributed by atoms with Gasteiger partial charge in [0.25, 0.3) is 0 Å². The number of nitrogens with zero attached hydrogens (tertiary/aromatic N) is 2. The fraction of sp³-hybridized carbons (Fsp3) is 0.600. The number of allylic oxidation sites excluding steroid dienone is 1. The number of aliphatic hydroxyl groups excluding tert-OH is 1. The highest BCUT2D eigenvalue weighted by Crippen LogP contribution is 2.61. The molecule has 0 aromatic heterocycles. The molecule has 11 heteroatoms. The van der Waals surface area contributed by atoms with Crippen LogP contribution in [0.5, 0.6) is 0 Å². The second kappa shape index (κ2) is 15.7. The van der Waals surface area contributed by atoms with E-state index in [0.29, 0.717) is 31.5 Å². The summed E-state index contributed by atoms with van der Waals surface area (Å²) >= 11 is 3.70. The fourth-order valence-corrected chi connectivity index (χ4v) is 8.23. The predicted molar refractivity (Wildman–Crippen MR) is 178 cm³/mol. The molecule has 9 atom stereocenters. The van der Waals surface area contributed by atoms with Crippen LogP contribution < -0.4 is 5.32 Å². The van der Waals surface area contributed by atoms with E-state index in [1.807, 2.05) is 30.3 Å². The molecule has 3 amide bonds. The van der Waals surface area contributed by atoms with Crippen molar-refractivity contribution in [2.75, 3.05) is 19.7 Å². The first-order valence-electron chi connectivity index (χ1n) is 16.4. The van der Waals surface area contributed by atoms with Crippen molar-refractivity contribution in [1.82, 2.24) is 15.1 Å². The maximum absolute atomic E-state index is 14.4. The van der Waals surface area contributed by atoms with Crippen LogP contribution >= 0.6 is 15.9 Å². The van der Waals surface area contributed by atoms with Gasteiger partial charge in [-0.25, -0.2) is 0 Å². The zero-order chi connectivity index (χ0) is 33.6. The highest BCUT2D eigenvalue weighted by molar-refractivity contribution is 9.09. The Bertz CT molecular complexity index is 1280. The molecule has 46 heavy (non-hydrogen) atoms. The number of hydrogen-bond donors (Lipinski definition) is 2. The van der Waals surface area contributed by atoms with Crippen LogP contribution in [0.2, 0.25) is 0 Å². The first-order chi connectivity index (χ1) is 22.1. The van der Waals surface area contributed by atoms with E-state index < -0.39 is 59.6 Å². The number of esters is 1. The number of rotatable bonds is 17. The molecular formula is C35H48BrN3O7. The Morgan fingerprint density at radius 3 is 2.57 bits per heavy atom. The Kier molecular flexibility index (Phi) is 12.2. The molecule has 0 radical (unpaired) electrons. The van der Waals surface area contributed by atoms with Crippen LogP contribution in [0.3, 0.4) is 0 Å². The molecule has 1 aromatic carbocycles. The average molecular weight is 703 g/mol. The lowest BCUT2D eigenvalue weighted by Crippen LogP contribution is -2.58. The maximum atomic E-state index is 14.4. The third-order valence-electron chi connectivity index (χ3n) is 9.45. The number of ether oxygens (including phenoxy) is 2. The summed E-state index contributed by atoms with van der Waals surface area (Å²) in [6, 6.07) is 6.86. The molecule has 10 nitrogen and oxygen atoms in total. The molecule has 2 bridgehead atoms. The lowest BCUT2D eigenvalue weighted by atomic mass is 9.70. The van der Waals surface area contributed by atoms with Gasteiger partial charge in [0.05, 0.1) is 36.6 Å². The summed E-state index contributed by atoms with van der Waals surface area (Å²) in [6.07, 6.45) is 5.62. The van der Waals surface area contributed by atoms with E-state index in [4.69, 9.17) is 9.47 Å². The Morgan fingerprint density at radius 1 is 1.22 bits per heavy atom. The lowest BCUT2D eigenvalue weighted by molar-refractivity contribution is -0.162. The van der Waals surface area contributed by atoms with Gasteiger partial charge in [0.15, 0.2) is 0 Å². The maximum Gasteiger partial charge on any atom is 0.313 e. The van der Waals surface area contributed by atoms with Gasteiger partial charge in [-0.2, -0.15) is 0 Å². The number of aliphatic hydroxyl groups is 1. The number of alkyl halides is 1. The summed E-state index contributed by atoms with van der Waals surface area (Å²) in [6.45, 7) is 13.5. The molecule has 2 N–H and O–H groups in total. The molecule has 0 saturated carbocycles. The monoisotopic (exact) mass is 701 g/mol. The molecule has 1 aromatic rings. The van der Waals surface area contributed by atoms with Crippen molar-refractivity contribution in [3.05, 3.63) is 61.2 Å². The average Bonchev–Trinajstić information content (AvgIpc) is 3.65. The van der Waals surface area contributed by atoms with Gasteiger partial charge in [0, 0.05) is 24.3 Å². The Labute approximate surface area is 280 Å². The van der Waals surface area contributed by atoms with Crippen LogP contribution in [0.15, 0.2) is 55.6 Å².